The first-order valence-electron chi connectivity index (χ1n) is 8.98. The summed E-state index contributed by atoms with van der Waals surface area (Å²) in [5.41, 5.74) is 1.31. The predicted molar refractivity (Wildman–Crippen MR) is 111 cm³/mol. The maximum atomic E-state index is 12.6. The Morgan fingerprint density at radius 3 is 2.22 bits per heavy atom. The Morgan fingerprint density at radius 1 is 1.19 bits per heavy atom. The lowest BCUT2D eigenvalue weighted by atomic mass is 9.87. The molecule has 1 aliphatic rings. The quantitative estimate of drug-likeness (QED) is 0.691. The van der Waals surface area contributed by atoms with Crippen molar-refractivity contribution in [1.82, 2.24) is 10.6 Å². The number of carbonyl (C=O) groups excluding carboxylic acids is 1. The first-order chi connectivity index (χ1) is 12.1. The summed E-state index contributed by atoms with van der Waals surface area (Å²) in [6.07, 6.45) is 1.74. The molecule has 1 fully saturated rings. The van der Waals surface area contributed by atoms with Crippen LogP contribution < -0.4 is 15.4 Å². The van der Waals surface area contributed by atoms with Gasteiger partial charge in [-0.1, -0.05) is 32.9 Å². The van der Waals surface area contributed by atoms with E-state index in [9.17, 15) is 13.2 Å². The summed E-state index contributed by atoms with van der Waals surface area (Å²) in [5, 5.41) is 5.84. The highest BCUT2D eigenvalue weighted by atomic mass is 35.5. The smallest absolute Gasteiger partial charge is 0.241 e. The van der Waals surface area contributed by atoms with Gasteiger partial charge in [0.05, 0.1) is 6.54 Å². The van der Waals surface area contributed by atoms with Crippen LogP contribution >= 0.6 is 12.4 Å². The number of benzene rings is 1. The highest BCUT2D eigenvalue weighted by Crippen LogP contribution is 2.28. The second-order valence-electron chi connectivity index (χ2n) is 7.90. The van der Waals surface area contributed by atoms with Gasteiger partial charge in [-0.25, -0.2) is 8.42 Å². The second-order valence-corrected chi connectivity index (χ2v) is 10.2. The molecule has 8 heteroatoms. The molecule has 0 atom stereocenters. The van der Waals surface area contributed by atoms with Crippen LogP contribution in [0, 0.1) is 0 Å². The summed E-state index contributed by atoms with van der Waals surface area (Å²) in [5.74, 6) is 0.306. The van der Waals surface area contributed by atoms with Crippen LogP contribution in [0.2, 0.25) is 0 Å². The maximum Gasteiger partial charge on any atom is 0.241 e. The maximum absolute atomic E-state index is 12.6. The van der Waals surface area contributed by atoms with Crippen LogP contribution in [0.15, 0.2) is 24.3 Å². The van der Waals surface area contributed by atoms with Gasteiger partial charge >= 0.3 is 0 Å². The molecule has 154 valence electrons. The van der Waals surface area contributed by atoms with Crippen molar-refractivity contribution in [3.05, 3.63) is 29.8 Å². The monoisotopic (exact) mass is 418 g/mol. The lowest BCUT2D eigenvalue weighted by molar-refractivity contribution is -0.124. The van der Waals surface area contributed by atoms with E-state index in [1.165, 1.54) is 5.56 Å². The predicted octanol–water partition coefficient (Wildman–Crippen LogP) is 2.07. The molecule has 0 aliphatic carbocycles. The van der Waals surface area contributed by atoms with E-state index in [2.05, 4.69) is 31.4 Å². The number of rotatable bonds is 6. The zero-order valence-corrected chi connectivity index (χ0v) is 18.1. The molecule has 2 rings (SSSR count). The Labute approximate surface area is 168 Å². The second kappa shape index (κ2) is 9.26. The highest BCUT2D eigenvalue weighted by molar-refractivity contribution is 7.92. The lowest BCUT2D eigenvalue weighted by Crippen LogP contribution is -2.57. The SMILES string of the molecule is CC(C)(C)c1ccc(OCCNC(=O)C2(S(C)(=O)=O)CCNCC2)cc1.Cl. The molecule has 6 nitrogen and oxygen atoms in total. The molecule has 1 heterocycles. The summed E-state index contributed by atoms with van der Waals surface area (Å²) in [6.45, 7) is 8.06. The van der Waals surface area contributed by atoms with E-state index in [-0.39, 0.29) is 24.4 Å². The van der Waals surface area contributed by atoms with Crippen molar-refractivity contribution >= 4 is 28.2 Å². The number of hydrogen-bond donors (Lipinski definition) is 2. The van der Waals surface area contributed by atoms with Crippen molar-refractivity contribution in [3.8, 4) is 5.75 Å². The van der Waals surface area contributed by atoms with Gasteiger partial charge in [-0.2, -0.15) is 0 Å². The van der Waals surface area contributed by atoms with Gasteiger partial charge in [0, 0.05) is 6.26 Å². The molecule has 27 heavy (non-hydrogen) atoms. The summed E-state index contributed by atoms with van der Waals surface area (Å²) in [4.78, 5) is 12.6. The third-order valence-corrected chi connectivity index (χ3v) is 6.92. The normalized spacial score (nSPS) is 16.9. The number of sulfone groups is 1. The number of halogens is 1. The van der Waals surface area contributed by atoms with E-state index in [0.717, 1.165) is 12.0 Å². The van der Waals surface area contributed by atoms with Crippen molar-refractivity contribution in [2.75, 3.05) is 32.5 Å². The average molecular weight is 419 g/mol. The van der Waals surface area contributed by atoms with Crippen molar-refractivity contribution in [3.63, 3.8) is 0 Å². The fourth-order valence-electron chi connectivity index (χ4n) is 3.14. The van der Waals surface area contributed by atoms with E-state index >= 15 is 0 Å². The molecule has 1 aromatic rings. The van der Waals surface area contributed by atoms with Gasteiger partial charge in [0.2, 0.25) is 5.91 Å². The van der Waals surface area contributed by atoms with Gasteiger partial charge in [-0.15, -0.1) is 12.4 Å². The van der Waals surface area contributed by atoms with E-state index in [0.29, 0.717) is 32.5 Å². The molecule has 1 amide bonds. The van der Waals surface area contributed by atoms with Gasteiger partial charge in [-0.05, 0) is 49.0 Å². The Kier molecular flexibility index (Phi) is 8.14. The summed E-state index contributed by atoms with van der Waals surface area (Å²) in [6, 6.07) is 7.88. The van der Waals surface area contributed by atoms with Crippen LogP contribution in [0.5, 0.6) is 5.75 Å². The van der Waals surface area contributed by atoms with E-state index in [1.54, 1.807) is 0 Å². The zero-order valence-electron chi connectivity index (χ0n) is 16.5. The Balaban J connectivity index is 0.00000364. The number of hydrogen-bond acceptors (Lipinski definition) is 5. The first kappa shape index (κ1) is 23.7. The minimum atomic E-state index is -3.49. The van der Waals surface area contributed by atoms with Gasteiger partial charge in [0.25, 0.3) is 0 Å². The number of amides is 1. The van der Waals surface area contributed by atoms with Crippen molar-refractivity contribution in [2.45, 2.75) is 43.8 Å². The zero-order chi connectivity index (χ0) is 19.4. The van der Waals surface area contributed by atoms with Gasteiger partial charge in [0.1, 0.15) is 12.4 Å². The Bertz CT molecular complexity index is 721. The fraction of sp³-hybridized carbons (Fsp3) is 0.632. The molecule has 1 saturated heterocycles. The average Bonchev–Trinajstić information content (AvgIpc) is 2.58. The molecule has 0 unspecified atom stereocenters. The Morgan fingerprint density at radius 2 is 1.74 bits per heavy atom. The highest BCUT2D eigenvalue weighted by Gasteiger charge is 2.48. The molecular weight excluding hydrogens is 388 g/mol. The fourth-order valence-corrected chi connectivity index (χ4v) is 4.50. The number of nitrogens with one attached hydrogen (secondary N) is 2. The lowest BCUT2D eigenvalue weighted by Gasteiger charge is -2.34. The molecule has 1 aliphatic heterocycles. The van der Waals surface area contributed by atoms with E-state index in [1.807, 2.05) is 24.3 Å². The van der Waals surface area contributed by atoms with Crippen LogP contribution in [0.1, 0.15) is 39.2 Å². The minimum Gasteiger partial charge on any atom is -0.492 e. The van der Waals surface area contributed by atoms with E-state index < -0.39 is 20.5 Å². The third-order valence-electron chi connectivity index (χ3n) is 4.91. The third kappa shape index (κ3) is 5.83. The summed E-state index contributed by atoms with van der Waals surface area (Å²) in [7, 11) is -3.49. The van der Waals surface area contributed by atoms with Gasteiger partial charge in [-0.3, -0.25) is 4.79 Å². The summed E-state index contributed by atoms with van der Waals surface area (Å²) < 4.78 is 28.7. The summed E-state index contributed by atoms with van der Waals surface area (Å²) >= 11 is 0. The molecule has 0 bridgehead atoms. The van der Waals surface area contributed by atoms with E-state index in [4.69, 9.17) is 4.74 Å². The minimum absolute atomic E-state index is 0. The van der Waals surface area contributed by atoms with Crippen LogP contribution in [0.4, 0.5) is 0 Å². The molecule has 0 spiro atoms. The molecular formula is C19H31ClN2O4S. The largest absolute Gasteiger partial charge is 0.492 e. The van der Waals surface area contributed by atoms with Crippen LogP contribution in [0.25, 0.3) is 0 Å². The first-order valence-corrected chi connectivity index (χ1v) is 10.9. The van der Waals surface area contributed by atoms with Crippen molar-refractivity contribution in [1.29, 1.82) is 0 Å². The van der Waals surface area contributed by atoms with Crippen molar-refractivity contribution < 1.29 is 17.9 Å². The molecule has 0 saturated carbocycles. The number of carbonyl (C=O) groups is 1. The molecule has 2 N–H and O–H groups in total. The number of ether oxygens (including phenoxy) is 1. The van der Waals surface area contributed by atoms with Gasteiger partial charge in [0.15, 0.2) is 14.6 Å². The molecule has 0 aromatic heterocycles. The van der Waals surface area contributed by atoms with Crippen LogP contribution in [-0.2, 0) is 20.0 Å². The standard InChI is InChI=1S/C19H30N2O4S.ClH/c1-18(2,3)15-5-7-16(8-6-15)25-14-13-21-17(22)19(26(4,23)24)9-11-20-12-10-19;/h5-8,20H,9-14H2,1-4H3,(H,21,22);1H. The topological polar surface area (TPSA) is 84.5 Å². The van der Waals surface area contributed by atoms with Gasteiger partial charge < -0.3 is 15.4 Å². The van der Waals surface area contributed by atoms with Crippen molar-refractivity contribution in [2.24, 2.45) is 0 Å². The molecule has 1 aromatic carbocycles. The molecule has 0 radical (unpaired) electrons. The number of piperidine rings is 1. The van der Waals surface area contributed by atoms with Crippen LogP contribution in [-0.4, -0.2) is 51.6 Å². The Hall–Kier alpha value is -1.31. The van der Waals surface area contributed by atoms with Crippen LogP contribution in [0.3, 0.4) is 0 Å².